The van der Waals surface area contributed by atoms with Gasteiger partial charge in [0.25, 0.3) is 5.78 Å². The summed E-state index contributed by atoms with van der Waals surface area (Å²) in [6.45, 7) is 2.06. The number of carbonyl (C=O) groups excluding carboxylic acids is 1. The van der Waals surface area contributed by atoms with E-state index < -0.39 is 23.5 Å². The smallest absolute Gasteiger partial charge is 0.454 e. The predicted molar refractivity (Wildman–Crippen MR) is 76.2 cm³/mol. The molecule has 122 valence electrons. The Morgan fingerprint density at radius 3 is 2.27 bits per heavy atom. The number of alkyl halides is 3. The first-order valence-electron chi connectivity index (χ1n) is 7.25. The summed E-state index contributed by atoms with van der Waals surface area (Å²) in [5.74, 6) is -3.15. The van der Waals surface area contributed by atoms with E-state index in [0.29, 0.717) is 12.8 Å². The van der Waals surface area contributed by atoms with Crippen molar-refractivity contribution in [2.75, 3.05) is 0 Å². The predicted octanol–water partition coefficient (Wildman–Crippen LogP) is 4.64. The van der Waals surface area contributed by atoms with Crippen molar-refractivity contribution < 1.29 is 27.9 Å². The van der Waals surface area contributed by atoms with Crippen molar-refractivity contribution in [3.8, 4) is 0 Å². The van der Waals surface area contributed by atoms with Crippen LogP contribution in [0.15, 0.2) is 18.2 Å². The van der Waals surface area contributed by atoms with E-state index in [4.69, 9.17) is 5.11 Å². The number of aromatic carboxylic acids is 1. The van der Waals surface area contributed by atoms with Crippen LogP contribution < -0.4 is 0 Å². The third-order valence-electron chi connectivity index (χ3n) is 3.40. The molecule has 1 aromatic rings. The Bertz CT molecular complexity index is 536. The normalized spacial score (nSPS) is 11.5. The van der Waals surface area contributed by atoms with Gasteiger partial charge in [0.2, 0.25) is 0 Å². The number of unbranched alkanes of at least 4 members (excludes halogenated alkanes) is 4. The Labute approximate surface area is 127 Å². The molecule has 0 spiro atoms. The highest BCUT2D eigenvalue weighted by molar-refractivity contribution is 6.01. The quantitative estimate of drug-likeness (QED) is 0.561. The molecule has 1 N–H and O–H groups in total. The van der Waals surface area contributed by atoms with E-state index in [1.54, 1.807) is 0 Å². The molecule has 0 heterocycles. The second-order valence-electron chi connectivity index (χ2n) is 5.17. The second-order valence-corrected chi connectivity index (χ2v) is 5.17. The molecule has 0 atom stereocenters. The van der Waals surface area contributed by atoms with Crippen LogP contribution in [0.1, 0.15) is 65.3 Å². The van der Waals surface area contributed by atoms with Crippen molar-refractivity contribution in [1.82, 2.24) is 0 Å². The van der Waals surface area contributed by atoms with E-state index in [2.05, 4.69) is 6.92 Å². The molecule has 0 saturated heterocycles. The molecule has 1 rings (SSSR count). The van der Waals surface area contributed by atoms with Crippen LogP contribution in [0.5, 0.6) is 0 Å². The van der Waals surface area contributed by atoms with Crippen LogP contribution in [-0.4, -0.2) is 23.0 Å². The molecule has 0 aliphatic heterocycles. The number of halogens is 3. The van der Waals surface area contributed by atoms with Crippen molar-refractivity contribution >= 4 is 11.8 Å². The first-order valence-corrected chi connectivity index (χ1v) is 7.25. The molecule has 0 aliphatic rings. The summed E-state index contributed by atoms with van der Waals surface area (Å²) in [5, 5.41) is 9.09. The molecule has 0 unspecified atom stereocenters. The van der Waals surface area contributed by atoms with Gasteiger partial charge in [-0.1, -0.05) is 38.7 Å². The molecule has 1 aromatic carbocycles. The molecular weight excluding hydrogens is 297 g/mol. The molecule has 0 aromatic heterocycles. The molecule has 3 nitrogen and oxygen atoms in total. The van der Waals surface area contributed by atoms with E-state index in [9.17, 15) is 22.8 Å². The highest BCUT2D eigenvalue weighted by atomic mass is 19.4. The molecule has 6 heteroatoms. The van der Waals surface area contributed by atoms with E-state index in [1.165, 1.54) is 0 Å². The van der Waals surface area contributed by atoms with Crippen molar-refractivity contribution in [1.29, 1.82) is 0 Å². The van der Waals surface area contributed by atoms with Gasteiger partial charge in [0.05, 0.1) is 5.56 Å². The monoisotopic (exact) mass is 316 g/mol. The fraction of sp³-hybridized carbons (Fsp3) is 0.500. The highest BCUT2D eigenvalue weighted by Gasteiger charge is 2.39. The van der Waals surface area contributed by atoms with Crippen LogP contribution >= 0.6 is 0 Å². The summed E-state index contributed by atoms with van der Waals surface area (Å²) in [7, 11) is 0. The first-order chi connectivity index (χ1) is 10.3. The minimum absolute atomic E-state index is 0.0470. The number of rotatable bonds is 8. The minimum atomic E-state index is -4.96. The Hall–Kier alpha value is -1.85. The van der Waals surface area contributed by atoms with Gasteiger partial charge in [0.15, 0.2) is 0 Å². The summed E-state index contributed by atoms with van der Waals surface area (Å²) < 4.78 is 37.4. The van der Waals surface area contributed by atoms with Crippen LogP contribution in [0.4, 0.5) is 13.2 Å². The van der Waals surface area contributed by atoms with E-state index in [0.717, 1.165) is 43.9 Å². The van der Waals surface area contributed by atoms with Crippen molar-refractivity contribution in [2.24, 2.45) is 0 Å². The molecule has 0 bridgehead atoms. The van der Waals surface area contributed by atoms with Gasteiger partial charge in [-0.15, -0.1) is 0 Å². The standard InChI is InChI=1S/C16H19F3O3/c1-2-3-4-5-6-7-11-10-12(14(20)16(17,18)19)8-9-13(11)15(21)22/h8-10H,2-7H2,1H3,(H,21,22). The number of ketones is 1. The van der Waals surface area contributed by atoms with Gasteiger partial charge in [-0.3, -0.25) is 4.79 Å². The fourth-order valence-electron chi connectivity index (χ4n) is 2.23. The lowest BCUT2D eigenvalue weighted by molar-refractivity contribution is -0.0885. The van der Waals surface area contributed by atoms with Crippen LogP contribution in [0.25, 0.3) is 0 Å². The second kappa shape index (κ2) is 7.96. The van der Waals surface area contributed by atoms with E-state index in [-0.39, 0.29) is 11.1 Å². The Morgan fingerprint density at radius 1 is 1.09 bits per heavy atom. The number of benzene rings is 1. The lowest BCUT2D eigenvalue weighted by Gasteiger charge is -2.10. The van der Waals surface area contributed by atoms with Gasteiger partial charge in [0.1, 0.15) is 0 Å². The minimum Gasteiger partial charge on any atom is -0.478 e. The largest absolute Gasteiger partial charge is 0.478 e. The van der Waals surface area contributed by atoms with Crippen molar-refractivity contribution in [2.45, 2.75) is 51.6 Å². The van der Waals surface area contributed by atoms with Crippen LogP contribution in [0.2, 0.25) is 0 Å². The summed E-state index contributed by atoms with van der Waals surface area (Å²) in [4.78, 5) is 22.4. The lowest BCUT2D eigenvalue weighted by Crippen LogP contribution is -2.23. The third kappa shape index (κ3) is 5.16. The molecule has 0 amide bonds. The van der Waals surface area contributed by atoms with Gasteiger partial charge in [-0.25, -0.2) is 4.79 Å². The summed E-state index contributed by atoms with van der Waals surface area (Å²) >= 11 is 0. The zero-order chi connectivity index (χ0) is 16.8. The summed E-state index contributed by atoms with van der Waals surface area (Å²) in [6.07, 6.45) is 0.0934. The summed E-state index contributed by atoms with van der Waals surface area (Å²) in [6, 6.07) is 3.04. The molecule has 22 heavy (non-hydrogen) atoms. The van der Waals surface area contributed by atoms with E-state index >= 15 is 0 Å². The number of carboxylic acid groups (broad SMARTS) is 1. The first kappa shape index (κ1) is 18.2. The molecule has 0 radical (unpaired) electrons. The zero-order valence-corrected chi connectivity index (χ0v) is 12.4. The Kier molecular flexibility index (Phi) is 6.59. The van der Waals surface area contributed by atoms with Gasteiger partial charge < -0.3 is 5.11 Å². The van der Waals surface area contributed by atoms with Crippen molar-refractivity contribution in [3.63, 3.8) is 0 Å². The molecule has 0 aliphatic carbocycles. The third-order valence-corrected chi connectivity index (χ3v) is 3.40. The molecule has 0 saturated carbocycles. The average molecular weight is 316 g/mol. The molecular formula is C16H19F3O3. The maximum atomic E-state index is 12.5. The van der Waals surface area contributed by atoms with Gasteiger partial charge in [-0.2, -0.15) is 13.2 Å². The number of hydrogen-bond acceptors (Lipinski definition) is 2. The Morgan fingerprint density at radius 2 is 1.73 bits per heavy atom. The lowest BCUT2D eigenvalue weighted by atomic mass is 9.96. The van der Waals surface area contributed by atoms with Crippen LogP contribution in [-0.2, 0) is 6.42 Å². The summed E-state index contributed by atoms with van der Waals surface area (Å²) in [5.41, 5.74) is -0.283. The Balaban J connectivity index is 2.91. The van der Waals surface area contributed by atoms with Gasteiger partial charge in [-0.05, 0) is 30.5 Å². The van der Waals surface area contributed by atoms with E-state index in [1.807, 2.05) is 0 Å². The SMILES string of the molecule is CCCCCCCc1cc(C(=O)C(F)(F)F)ccc1C(=O)O. The van der Waals surface area contributed by atoms with Gasteiger partial charge >= 0.3 is 12.1 Å². The maximum absolute atomic E-state index is 12.5. The van der Waals surface area contributed by atoms with Crippen LogP contribution in [0.3, 0.4) is 0 Å². The molecule has 0 fully saturated rings. The average Bonchev–Trinajstić information content (AvgIpc) is 2.44. The maximum Gasteiger partial charge on any atom is 0.454 e. The highest BCUT2D eigenvalue weighted by Crippen LogP contribution is 2.24. The number of carbonyl (C=O) groups is 2. The number of aryl methyl sites for hydroxylation is 1. The van der Waals surface area contributed by atoms with Crippen LogP contribution in [0, 0.1) is 0 Å². The topological polar surface area (TPSA) is 54.4 Å². The fourth-order valence-corrected chi connectivity index (χ4v) is 2.23. The number of hydrogen-bond donors (Lipinski definition) is 1. The number of carboxylic acids is 1. The van der Waals surface area contributed by atoms with Gasteiger partial charge in [0, 0.05) is 5.56 Å². The van der Waals surface area contributed by atoms with Crippen molar-refractivity contribution in [3.05, 3.63) is 34.9 Å². The zero-order valence-electron chi connectivity index (χ0n) is 12.4. The number of Topliss-reactive ketones (excluding diaryl/α,β-unsaturated/α-hetero) is 1.